The minimum Gasteiger partial charge on any atom is -0.497 e. The van der Waals surface area contributed by atoms with E-state index in [2.05, 4.69) is 0 Å². The molecule has 0 aliphatic heterocycles. The predicted octanol–water partition coefficient (Wildman–Crippen LogP) is 1.79. The third kappa shape index (κ3) is 6.20. The van der Waals surface area contributed by atoms with E-state index in [4.69, 9.17) is 24.3 Å². The van der Waals surface area contributed by atoms with E-state index in [1.54, 1.807) is 14.2 Å². The van der Waals surface area contributed by atoms with Gasteiger partial charge < -0.3 is 24.3 Å². The van der Waals surface area contributed by atoms with Gasteiger partial charge in [-0.3, -0.25) is 0 Å². The number of benzene rings is 2. The van der Waals surface area contributed by atoms with Crippen LogP contribution >= 0.6 is 0 Å². The second-order valence-electron chi connectivity index (χ2n) is 3.94. The molecule has 2 N–H and O–H groups in total. The zero-order chi connectivity index (χ0) is 15.5. The van der Waals surface area contributed by atoms with E-state index in [-0.39, 0.29) is 7.69 Å². The van der Waals surface area contributed by atoms with Gasteiger partial charge in [0.1, 0.15) is 23.9 Å². The highest BCUT2D eigenvalue weighted by atomic mass is 16.5. The molecule has 0 atom stereocenters. The quantitative estimate of drug-likeness (QED) is 0.821. The van der Waals surface area contributed by atoms with Crippen LogP contribution in [0.3, 0.4) is 0 Å². The summed E-state index contributed by atoms with van der Waals surface area (Å²) in [5, 5.41) is 14.0. The largest absolute Gasteiger partial charge is 0.497 e. The summed E-state index contributed by atoms with van der Waals surface area (Å²) >= 11 is 0. The Bertz CT molecular complexity index is 496. The zero-order valence-electron chi connectivity index (χ0n) is 12.0. The summed E-state index contributed by atoms with van der Waals surface area (Å²) in [6, 6.07) is 15.4. The molecule has 0 bridgehead atoms. The lowest BCUT2D eigenvalue weighted by Crippen LogP contribution is -1.97. The Morgan fingerprint density at radius 2 is 1.38 bits per heavy atom. The van der Waals surface area contributed by atoms with Crippen molar-refractivity contribution in [2.24, 2.45) is 0 Å². The normalized spacial score (nSPS) is 9.14. The van der Waals surface area contributed by atoms with Crippen LogP contribution in [0.25, 0.3) is 0 Å². The summed E-state index contributed by atoms with van der Waals surface area (Å²) < 4.78 is 16.1. The predicted molar refractivity (Wildman–Crippen MR) is 80.5 cm³/mol. The summed E-state index contributed by atoms with van der Waals surface area (Å²) in [7, 11) is 3.27. The highest BCUT2D eigenvalue weighted by Gasteiger charge is 2.02. The zero-order valence-corrected chi connectivity index (χ0v) is 12.0. The van der Waals surface area contributed by atoms with E-state index >= 15 is 0 Å². The minimum absolute atomic E-state index is 0. The lowest BCUT2D eigenvalue weighted by atomic mass is 10.2. The maximum atomic E-state index is 7.00. The summed E-state index contributed by atoms with van der Waals surface area (Å²) in [5.74, 6) is 2.38. The average molecular weight is 289 g/mol. The molecular formula is C15H18BO5. The van der Waals surface area contributed by atoms with E-state index in [0.29, 0.717) is 6.61 Å². The minimum atomic E-state index is 0. The summed E-state index contributed by atoms with van der Waals surface area (Å²) in [5.41, 5.74) is 1.01. The third-order valence-corrected chi connectivity index (χ3v) is 2.56. The SMILES string of the molecule is COc1cc(COc2ccccc2)cc(OC)c1.O[B]O. The third-order valence-electron chi connectivity index (χ3n) is 2.56. The molecule has 0 amide bonds. The van der Waals surface area contributed by atoms with Gasteiger partial charge in [-0.15, -0.1) is 0 Å². The van der Waals surface area contributed by atoms with Crippen LogP contribution in [0, 0.1) is 0 Å². The fourth-order valence-electron chi connectivity index (χ4n) is 1.63. The Morgan fingerprint density at radius 3 is 1.86 bits per heavy atom. The van der Waals surface area contributed by atoms with Crippen molar-refractivity contribution in [3.8, 4) is 17.2 Å². The monoisotopic (exact) mass is 289 g/mol. The van der Waals surface area contributed by atoms with Crippen LogP contribution in [0.4, 0.5) is 0 Å². The van der Waals surface area contributed by atoms with Gasteiger partial charge in [-0.1, -0.05) is 18.2 Å². The van der Waals surface area contributed by atoms with Crippen LogP contribution < -0.4 is 14.2 Å². The molecule has 0 saturated heterocycles. The van der Waals surface area contributed by atoms with Crippen molar-refractivity contribution in [1.82, 2.24) is 0 Å². The first kappa shape index (κ1) is 16.9. The Morgan fingerprint density at radius 1 is 0.857 bits per heavy atom. The van der Waals surface area contributed by atoms with Crippen molar-refractivity contribution in [2.45, 2.75) is 6.61 Å². The first-order chi connectivity index (χ1) is 10.2. The maximum absolute atomic E-state index is 7.00. The van der Waals surface area contributed by atoms with Crippen molar-refractivity contribution < 1.29 is 24.3 Å². The number of hydrogen-bond donors (Lipinski definition) is 2. The molecule has 0 aromatic heterocycles. The molecule has 21 heavy (non-hydrogen) atoms. The second kappa shape index (κ2) is 9.69. The maximum Gasteiger partial charge on any atom is 0.482 e. The van der Waals surface area contributed by atoms with Gasteiger partial charge in [0.25, 0.3) is 0 Å². The van der Waals surface area contributed by atoms with Gasteiger partial charge in [-0.25, -0.2) is 0 Å². The first-order valence-electron chi connectivity index (χ1n) is 6.23. The summed E-state index contributed by atoms with van der Waals surface area (Å²) in [6.45, 7) is 0.484. The number of methoxy groups -OCH3 is 2. The van der Waals surface area contributed by atoms with Crippen molar-refractivity contribution in [3.05, 3.63) is 54.1 Å². The standard InChI is InChI=1S/C15H16O3.BH2O2/c1-16-14-8-12(9-15(10-14)17-2)11-18-13-6-4-3-5-7-13;2-1-3/h3-10H,11H2,1-2H3;2-3H. The van der Waals surface area contributed by atoms with Gasteiger partial charge in [0.2, 0.25) is 0 Å². The molecule has 2 rings (SSSR count). The fraction of sp³-hybridized carbons (Fsp3) is 0.200. The molecule has 0 spiro atoms. The van der Waals surface area contributed by atoms with Crippen LogP contribution in [0.2, 0.25) is 0 Å². The molecule has 2 aromatic carbocycles. The summed E-state index contributed by atoms with van der Waals surface area (Å²) in [6.07, 6.45) is 0. The Kier molecular flexibility index (Phi) is 7.78. The van der Waals surface area contributed by atoms with E-state index in [9.17, 15) is 0 Å². The topological polar surface area (TPSA) is 68.2 Å². The second-order valence-corrected chi connectivity index (χ2v) is 3.94. The van der Waals surface area contributed by atoms with Gasteiger partial charge in [0.15, 0.2) is 0 Å². The van der Waals surface area contributed by atoms with E-state index < -0.39 is 0 Å². The van der Waals surface area contributed by atoms with Crippen LogP contribution in [-0.4, -0.2) is 32.0 Å². The number of rotatable bonds is 5. The van der Waals surface area contributed by atoms with Crippen molar-refractivity contribution in [2.75, 3.05) is 14.2 Å². The van der Waals surface area contributed by atoms with Gasteiger partial charge in [0.05, 0.1) is 14.2 Å². The van der Waals surface area contributed by atoms with E-state index in [1.165, 1.54) is 0 Å². The molecule has 2 aromatic rings. The highest BCUT2D eigenvalue weighted by molar-refractivity contribution is 6.13. The molecule has 1 radical (unpaired) electrons. The Balaban J connectivity index is 0.000000677. The lowest BCUT2D eigenvalue weighted by Gasteiger charge is -2.09. The van der Waals surface area contributed by atoms with Gasteiger partial charge in [-0.05, 0) is 29.8 Å². The Hall–Kier alpha value is -2.18. The molecule has 111 valence electrons. The molecule has 0 unspecified atom stereocenters. The average Bonchev–Trinajstić information content (AvgIpc) is 2.54. The van der Waals surface area contributed by atoms with E-state index in [1.807, 2.05) is 48.5 Å². The molecule has 0 aliphatic rings. The van der Waals surface area contributed by atoms with Gasteiger partial charge in [0, 0.05) is 6.07 Å². The van der Waals surface area contributed by atoms with Crippen LogP contribution in [0.5, 0.6) is 17.2 Å². The molecule has 0 saturated carbocycles. The highest BCUT2D eigenvalue weighted by Crippen LogP contribution is 2.23. The van der Waals surface area contributed by atoms with Crippen molar-refractivity contribution in [3.63, 3.8) is 0 Å². The fourth-order valence-corrected chi connectivity index (χ4v) is 1.63. The smallest absolute Gasteiger partial charge is 0.482 e. The number of ether oxygens (including phenoxy) is 3. The van der Waals surface area contributed by atoms with Crippen molar-refractivity contribution >= 4 is 7.69 Å². The number of para-hydroxylation sites is 1. The molecule has 0 heterocycles. The van der Waals surface area contributed by atoms with E-state index in [0.717, 1.165) is 22.8 Å². The van der Waals surface area contributed by atoms with Gasteiger partial charge >= 0.3 is 7.69 Å². The Labute approximate surface area is 125 Å². The molecule has 0 fully saturated rings. The van der Waals surface area contributed by atoms with Crippen LogP contribution in [0.15, 0.2) is 48.5 Å². The summed E-state index contributed by atoms with van der Waals surface area (Å²) in [4.78, 5) is 0. The van der Waals surface area contributed by atoms with Crippen LogP contribution in [0.1, 0.15) is 5.56 Å². The molecule has 0 aliphatic carbocycles. The lowest BCUT2D eigenvalue weighted by molar-refractivity contribution is 0.304. The van der Waals surface area contributed by atoms with Crippen LogP contribution in [-0.2, 0) is 6.61 Å². The molecule has 6 heteroatoms. The molecule has 5 nitrogen and oxygen atoms in total. The number of hydrogen-bond acceptors (Lipinski definition) is 5. The van der Waals surface area contributed by atoms with Crippen molar-refractivity contribution in [1.29, 1.82) is 0 Å². The van der Waals surface area contributed by atoms with Gasteiger partial charge in [-0.2, -0.15) is 0 Å². The first-order valence-corrected chi connectivity index (χ1v) is 6.23. The molecular weight excluding hydrogens is 271 g/mol.